The molecule has 0 aromatic carbocycles. The van der Waals surface area contributed by atoms with Crippen LogP contribution in [0.5, 0.6) is 0 Å². The van der Waals surface area contributed by atoms with E-state index >= 15 is 0 Å². The third-order valence-electron chi connectivity index (χ3n) is 4.05. The molecule has 1 aliphatic rings. The van der Waals surface area contributed by atoms with Gasteiger partial charge in [0.15, 0.2) is 5.96 Å². The SMILES string of the molecule is CCNC(=NCc1ccnn1C)NCC(C)CN1CCCC1.I. The molecule has 132 valence electrons. The standard InChI is InChI=1S/C16H30N6.HI/c1-4-17-16(19-12-15-7-8-20-21(15)3)18-11-14(2)13-22-9-5-6-10-22;/h7-8,14H,4-6,9-13H2,1-3H3,(H2,17,18,19);1H. The Morgan fingerprint density at radius 1 is 1.35 bits per heavy atom. The Hall–Kier alpha value is -0.830. The van der Waals surface area contributed by atoms with E-state index in [0.717, 1.165) is 24.7 Å². The summed E-state index contributed by atoms with van der Waals surface area (Å²) in [7, 11) is 1.95. The monoisotopic (exact) mass is 434 g/mol. The number of likely N-dealkylation sites (tertiary alicyclic amines) is 1. The number of rotatable bonds is 7. The first-order valence-corrected chi connectivity index (χ1v) is 8.40. The fourth-order valence-electron chi connectivity index (χ4n) is 2.80. The van der Waals surface area contributed by atoms with Gasteiger partial charge in [-0.3, -0.25) is 4.68 Å². The normalized spacial score (nSPS) is 16.9. The zero-order valence-corrected chi connectivity index (χ0v) is 16.9. The minimum atomic E-state index is 0. The predicted molar refractivity (Wildman–Crippen MR) is 106 cm³/mol. The molecule has 23 heavy (non-hydrogen) atoms. The number of aromatic nitrogens is 2. The minimum absolute atomic E-state index is 0. The molecule has 0 aliphatic carbocycles. The second-order valence-electron chi connectivity index (χ2n) is 6.14. The van der Waals surface area contributed by atoms with Gasteiger partial charge in [0.2, 0.25) is 0 Å². The van der Waals surface area contributed by atoms with Crippen LogP contribution in [0.1, 0.15) is 32.4 Å². The van der Waals surface area contributed by atoms with Crippen molar-refractivity contribution < 1.29 is 0 Å². The molecule has 6 nitrogen and oxygen atoms in total. The number of nitrogens with one attached hydrogen (secondary N) is 2. The first-order chi connectivity index (χ1) is 10.7. The molecule has 0 amide bonds. The lowest BCUT2D eigenvalue weighted by atomic mass is 10.1. The van der Waals surface area contributed by atoms with Crippen molar-refractivity contribution in [3.05, 3.63) is 18.0 Å². The van der Waals surface area contributed by atoms with E-state index in [1.807, 2.05) is 24.0 Å². The Balaban J connectivity index is 0.00000264. The van der Waals surface area contributed by atoms with Gasteiger partial charge in [0.1, 0.15) is 0 Å². The third kappa shape index (κ3) is 7.07. The molecule has 1 fully saturated rings. The van der Waals surface area contributed by atoms with Crippen LogP contribution in [-0.2, 0) is 13.6 Å². The van der Waals surface area contributed by atoms with Crippen molar-refractivity contribution in [1.29, 1.82) is 0 Å². The van der Waals surface area contributed by atoms with E-state index in [9.17, 15) is 0 Å². The van der Waals surface area contributed by atoms with Gasteiger partial charge in [-0.1, -0.05) is 6.92 Å². The number of aliphatic imine (C=N–C) groups is 1. The molecular weight excluding hydrogens is 403 g/mol. The van der Waals surface area contributed by atoms with E-state index < -0.39 is 0 Å². The van der Waals surface area contributed by atoms with Gasteiger partial charge < -0.3 is 15.5 Å². The van der Waals surface area contributed by atoms with Crippen molar-refractivity contribution >= 4 is 29.9 Å². The second-order valence-corrected chi connectivity index (χ2v) is 6.14. The summed E-state index contributed by atoms with van der Waals surface area (Å²) in [4.78, 5) is 7.20. The number of guanidine groups is 1. The predicted octanol–water partition coefficient (Wildman–Crippen LogP) is 1.83. The van der Waals surface area contributed by atoms with Crippen LogP contribution >= 0.6 is 24.0 Å². The maximum Gasteiger partial charge on any atom is 0.191 e. The summed E-state index contributed by atoms with van der Waals surface area (Å²) in [5.41, 5.74) is 1.11. The molecule has 2 rings (SSSR count). The highest BCUT2D eigenvalue weighted by Crippen LogP contribution is 2.09. The van der Waals surface area contributed by atoms with Crippen LogP contribution in [0.25, 0.3) is 0 Å². The van der Waals surface area contributed by atoms with Crippen molar-refractivity contribution in [3.8, 4) is 0 Å². The smallest absolute Gasteiger partial charge is 0.191 e. The average molecular weight is 434 g/mol. The third-order valence-corrected chi connectivity index (χ3v) is 4.05. The lowest BCUT2D eigenvalue weighted by molar-refractivity contribution is 0.287. The van der Waals surface area contributed by atoms with Gasteiger partial charge in [0, 0.05) is 32.9 Å². The summed E-state index contributed by atoms with van der Waals surface area (Å²) >= 11 is 0. The number of halogens is 1. The maximum absolute atomic E-state index is 4.64. The molecule has 1 saturated heterocycles. The van der Waals surface area contributed by atoms with Crippen LogP contribution in [0.15, 0.2) is 17.3 Å². The number of aryl methyl sites for hydroxylation is 1. The van der Waals surface area contributed by atoms with E-state index in [-0.39, 0.29) is 24.0 Å². The van der Waals surface area contributed by atoms with E-state index in [4.69, 9.17) is 0 Å². The van der Waals surface area contributed by atoms with Crippen LogP contribution in [0.4, 0.5) is 0 Å². The molecular formula is C16H31IN6. The van der Waals surface area contributed by atoms with Crippen molar-refractivity contribution in [2.24, 2.45) is 18.0 Å². The minimum Gasteiger partial charge on any atom is -0.357 e. The summed E-state index contributed by atoms with van der Waals surface area (Å²) in [6.45, 7) is 10.6. The number of hydrogen-bond acceptors (Lipinski definition) is 3. The van der Waals surface area contributed by atoms with E-state index in [1.54, 1.807) is 0 Å². The summed E-state index contributed by atoms with van der Waals surface area (Å²) in [6.07, 6.45) is 4.52. The van der Waals surface area contributed by atoms with Crippen molar-refractivity contribution in [3.63, 3.8) is 0 Å². The molecule has 0 saturated carbocycles. The highest BCUT2D eigenvalue weighted by molar-refractivity contribution is 14.0. The van der Waals surface area contributed by atoms with Gasteiger partial charge in [0.05, 0.1) is 12.2 Å². The molecule has 0 bridgehead atoms. The topological polar surface area (TPSA) is 57.5 Å². The molecule has 0 spiro atoms. The van der Waals surface area contributed by atoms with Crippen molar-refractivity contribution in [2.75, 3.05) is 32.7 Å². The molecule has 1 atom stereocenters. The maximum atomic E-state index is 4.64. The van der Waals surface area contributed by atoms with Crippen LogP contribution in [-0.4, -0.2) is 53.4 Å². The lowest BCUT2D eigenvalue weighted by Gasteiger charge is -2.21. The molecule has 2 N–H and O–H groups in total. The lowest BCUT2D eigenvalue weighted by Crippen LogP contribution is -2.41. The first-order valence-electron chi connectivity index (χ1n) is 8.40. The van der Waals surface area contributed by atoms with Gasteiger partial charge in [0.25, 0.3) is 0 Å². The summed E-state index contributed by atoms with van der Waals surface area (Å²) in [5, 5.41) is 10.9. The Kier molecular flexibility index (Phi) is 9.54. The van der Waals surface area contributed by atoms with E-state index in [1.165, 1.54) is 32.5 Å². The largest absolute Gasteiger partial charge is 0.357 e. The highest BCUT2D eigenvalue weighted by atomic mass is 127. The van der Waals surface area contributed by atoms with Crippen LogP contribution in [0, 0.1) is 5.92 Å². The Morgan fingerprint density at radius 2 is 2.09 bits per heavy atom. The van der Waals surface area contributed by atoms with Crippen LogP contribution < -0.4 is 10.6 Å². The second kappa shape index (κ2) is 10.9. The van der Waals surface area contributed by atoms with Gasteiger partial charge in [-0.25, -0.2) is 4.99 Å². The fraction of sp³-hybridized carbons (Fsp3) is 0.750. The molecule has 7 heteroatoms. The molecule has 1 aromatic heterocycles. The Labute approximate surface area is 157 Å². The van der Waals surface area contributed by atoms with Crippen LogP contribution in [0.2, 0.25) is 0 Å². The van der Waals surface area contributed by atoms with Gasteiger partial charge in [-0.15, -0.1) is 24.0 Å². The Bertz CT molecular complexity index is 467. The van der Waals surface area contributed by atoms with Crippen molar-refractivity contribution in [1.82, 2.24) is 25.3 Å². The fourth-order valence-corrected chi connectivity index (χ4v) is 2.80. The van der Waals surface area contributed by atoms with Gasteiger partial charge >= 0.3 is 0 Å². The van der Waals surface area contributed by atoms with Crippen molar-refractivity contribution in [2.45, 2.75) is 33.2 Å². The highest BCUT2D eigenvalue weighted by Gasteiger charge is 2.14. The molecule has 1 aromatic rings. The molecule has 0 radical (unpaired) electrons. The summed E-state index contributed by atoms with van der Waals surface area (Å²) in [5.74, 6) is 1.51. The van der Waals surface area contributed by atoms with E-state index in [2.05, 4.69) is 39.5 Å². The summed E-state index contributed by atoms with van der Waals surface area (Å²) in [6, 6.07) is 2.00. The quantitative estimate of drug-likeness (QED) is 0.391. The first kappa shape index (κ1) is 20.2. The summed E-state index contributed by atoms with van der Waals surface area (Å²) < 4.78 is 1.86. The Morgan fingerprint density at radius 3 is 2.70 bits per heavy atom. The van der Waals surface area contributed by atoms with Crippen LogP contribution in [0.3, 0.4) is 0 Å². The zero-order chi connectivity index (χ0) is 15.8. The molecule has 1 aliphatic heterocycles. The van der Waals surface area contributed by atoms with Gasteiger partial charge in [-0.2, -0.15) is 5.10 Å². The zero-order valence-electron chi connectivity index (χ0n) is 14.6. The van der Waals surface area contributed by atoms with E-state index in [0.29, 0.717) is 12.5 Å². The number of nitrogens with zero attached hydrogens (tertiary/aromatic N) is 4. The van der Waals surface area contributed by atoms with Gasteiger partial charge in [-0.05, 0) is 44.8 Å². The molecule has 1 unspecified atom stereocenters. The molecule has 2 heterocycles. The number of hydrogen-bond donors (Lipinski definition) is 2. The average Bonchev–Trinajstić information content (AvgIpc) is 3.14.